The zero-order valence-electron chi connectivity index (χ0n) is 13.2. The van der Waals surface area contributed by atoms with E-state index in [4.69, 9.17) is 5.73 Å². The number of primary amides is 1. The summed E-state index contributed by atoms with van der Waals surface area (Å²) in [5.41, 5.74) is 6.27. The second-order valence-corrected chi connectivity index (χ2v) is 5.85. The highest BCUT2D eigenvalue weighted by molar-refractivity contribution is 5.87. The van der Waals surface area contributed by atoms with Crippen molar-refractivity contribution >= 4 is 17.7 Å². The summed E-state index contributed by atoms with van der Waals surface area (Å²) in [6.45, 7) is 0.906. The van der Waals surface area contributed by atoms with E-state index >= 15 is 0 Å². The minimum absolute atomic E-state index is 0.0945. The first-order chi connectivity index (χ1) is 11.1. The van der Waals surface area contributed by atoms with Crippen LogP contribution in [0, 0.1) is 5.92 Å². The zero-order valence-corrected chi connectivity index (χ0v) is 13.2. The van der Waals surface area contributed by atoms with Crippen LogP contribution < -0.4 is 11.1 Å². The number of aryl methyl sites for hydroxylation is 1. The second-order valence-electron chi connectivity index (χ2n) is 5.85. The van der Waals surface area contributed by atoms with Gasteiger partial charge in [0, 0.05) is 19.5 Å². The summed E-state index contributed by atoms with van der Waals surface area (Å²) in [5.74, 6) is -0.935. The summed E-state index contributed by atoms with van der Waals surface area (Å²) >= 11 is 0. The first-order valence-electron chi connectivity index (χ1n) is 7.94. The van der Waals surface area contributed by atoms with Gasteiger partial charge in [0.2, 0.25) is 17.7 Å². The van der Waals surface area contributed by atoms with Crippen LogP contribution in [0.15, 0.2) is 30.3 Å². The van der Waals surface area contributed by atoms with Gasteiger partial charge in [0.05, 0.1) is 12.5 Å². The van der Waals surface area contributed by atoms with Gasteiger partial charge in [0.1, 0.15) is 0 Å². The maximum absolute atomic E-state index is 12.0. The molecule has 6 heteroatoms. The number of hydrogen-bond donors (Lipinski definition) is 2. The van der Waals surface area contributed by atoms with E-state index in [0.717, 1.165) is 12.8 Å². The van der Waals surface area contributed by atoms with Crippen molar-refractivity contribution in [3.8, 4) is 0 Å². The maximum Gasteiger partial charge on any atom is 0.236 e. The predicted octanol–water partition coefficient (Wildman–Crippen LogP) is 0.459. The number of nitrogens with one attached hydrogen (secondary N) is 1. The van der Waals surface area contributed by atoms with E-state index in [-0.39, 0.29) is 24.3 Å². The Morgan fingerprint density at radius 3 is 2.70 bits per heavy atom. The lowest BCUT2D eigenvalue weighted by Crippen LogP contribution is -2.47. The van der Waals surface area contributed by atoms with Gasteiger partial charge in [-0.1, -0.05) is 30.3 Å². The number of carbonyl (C=O) groups is 3. The van der Waals surface area contributed by atoms with Crippen molar-refractivity contribution in [2.24, 2.45) is 11.7 Å². The second kappa shape index (κ2) is 8.31. The fourth-order valence-electron chi connectivity index (χ4n) is 2.78. The summed E-state index contributed by atoms with van der Waals surface area (Å²) in [6.07, 6.45) is 2.67. The van der Waals surface area contributed by atoms with Gasteiger partial charge in [-0.15, -0.1) is 0 Å². The molecule has 1 aliphatic rings. The van der Waals surface area contributed by atoms with Crippen molar-refractivity contribution in [2.75, 3.05) is 19.6 Å². The van der Waals surface area contributed by atoms with E-state index in [0.29, 0.717) is 25.9 Å². The molecular weight excluding hydrogens is 294 g/mol. The van der Waals surface area contributed by atoms with Crippen LogP contribution in [0.25, 0.3) is 0 Å². The Morgan fingerprint density at radius 2 is 2.00 bits per heavy atom. The lowest BCUT2D eigenvalue weighted by atomic mass is 9.96. The van der Waals surface area contributed by atoms with Gasteiger partial charge in [-0.25, -0.2) is 0 Å². The van der Waals surface area contributed by atoms with Crippen molar-refractivity contribution in [3.63, 3.8) is 0 Å². The molecule has 1 fully saturated rings. The van der Waals surface area contributed by atoms with Crippen LogP contribution in [0.4, 0.5) is 0 Å². The highest BCUT2D eigenvalue weighted by Crippen LogP contribution is 2.18. The standard InChI is InChI=1S/C17H23N3O3/c18-15(21)11-19-17(23)14-8-9-16(22)20(12-14)10-4-7-13-5-2-1-3-6-13/h1-3,5-6,14H,4,7-12H2,(H2,18,21)(H,19,23)/t14-/m1/s1. The minimum atomic E-state index is -0.565. The molecule has 6 nitrogen and oxygen atoms in total. The lowest BCUT2D eigenvalue weighted by Gasteiger charge is -2.32. The Labute approximate surface area is 136 Å². The molecule has 1 atom stereocenters. The average Bonchev–Trinajstić information content (AvgIpc) is 2.55. The topological polar surface area (TPSA) is 92.5 Å². The quantitative estimate of drug-likeness (QED) is 0.765. The number of carbonyl (C=O) groups excluding carboxylic acids is 3. The van der Waals surface area contributed by atoms with Crippen molar-refractivity contribution in [3.05, 3.63) is 35.9 Å². The third kappa shape index (κ3) is 5.39. The van der Waals surface area contributed by atoms with Gasteiger partial charge in [0.25, 0.3) is 0 Å². The molecule has 0 spiro atoms. The molecule has 0 bridgehead atoms. The number of nitrogens with two attached hydrogens (primary N) is 1. The molecule has 1 aromatic carbocycles. The molecule has 3 amide bonds. The first kappa shape index (κ1) is 17.0. The fraction of sp³-hybridized carbons (Fsp3) is 0.471. The van der Waals surface area contributed by atoms with Gasteiger partial charge < -0.3 is 16.0 Å². The molecule has 2 rings (SSSR count). The molecule has 0 saturated carbocycles. The number of piperidine rings is 1. The number of hydrogen-bond acceptors (Lipinski definition) is 3. The molecule has 0 aromatic heterocycles. The molecule has 1 aliphatic heterocycles. The molecule has 0 unspecified atom stereocenters. The number of rotatable bonds is 7. The Balaban J connectivity index is 1.79. The van der Waals surface area contributed by atoms with E-state index < -0.39 is 5.91 Å². The highest BCUT2D eigenvalue weighted by Gasteiger charge is 2.29. The molecule has 0 radical (unpaired) electrons. The molecule has 1 heterocycles. The Hall–Kier alpha value is -2.37. The summed E-state index contributed by atoms with van der Waals surface area (Å²) < 4.78 is 0. The summed E-state index contributed by atoms with van der Waals surface area (Å²) in [4.78, 5) is 36.5. The molecule has 23 heavy (non-hydrogen) atoms. The van der Waals surface area contributed by atoms with Gasteiger partial charge >= 0.3 is 0 Å². The Bertz CT molecular complexity index is 559. The van der Waals surface area contributed by atoms with E-state index in [2.05, 4.69) is 17.4 Å². The predicted molar refractivity (Wildman–Crippen MR) is 86.3 cm³/mol. The van der Waals surface area contributed by atoms with Gasteiger partial charge in [0.15, 0.2) is 0 Å². The molecular formula is C17H23N3O3. The van der Waals surface area contributed by atoms with Crippen LogP contribution in [-0.4, -0.2) is 42.3 Å². The number of likely N-dealkylation sites (tertiary alicyclic amines) is 1. The average molecular weight is 317 g/mol. The first-order valence-corrected chi connectivity index (χ1v) is 7.94. The van der Waals surface area contributed by atoms with Crippen LogP contribution in [0.5, 0.6) is 0 Å². The normalized spacial score (nSPS) is 17.8. The molecule has 1 aromatic rings. The van der Waals surface area contributed by atoms with Gasteiger partial charge in [-0.2, -0.15) is 0 Å². The maximum atomic E-state index is 12.0. The van der Waals surface area contributed by atoms with Crippen LogP contribution in [0.2, 0.25) is 0 Å². The van der Waals surface area contributed by atoms with E-state index in [9.17, 15) is 14.4 Å². The monoisotopic (exact) mass is 317 g/mol. The van der Waals surface area contributed by atoms with E-state index in [1.807, 2.05) is 18.2 Å². The van der Waals surface area contributed by atoms with Crippen LogP contribution in [-0.2, 0) is 20.8 Å². The third-order valence-corrected chi connectivity index (χ3v) is 4.04. The Kier molecular flexibility index (Phi) is 6.14. The number of benzene rings is 1. The van der Waals surface area contributed by atoms with Crippen LogP contribution >= 0.6 is 0 Å². The SMILES string of the molecule is NC(=O)CNC(=O)[C@@H]1CCC(=O)N(CCCc2ccccc2)C1. The van der Waals surface area contributed by atoms with E-state index in [1.54, 1.807) is 4.90 Å². The lowest BCUT2D eigenvalue weighted by molar-refractivity contribution is -0.138. The highest BCUT2D eigenvalue weighted by atomic mass is 16.2. The Morgan fingerprint density at radius 1 is 1.26 bits per heavy atom. The molecule has 1 saturated heterocycles. The summed E-state index contributed by atoms with van der Waals surface area (Å²) in [7, 11) is 0. The van der Waals surface area contributed by atoms with Gasteiger partial charge in [-0.3, -0.25) is 14.4 Å². The van der Waals surface area contributed by atoms with Crippen LogP contribution in [0.1, 0.15) is 24.8 Å². The van der Waals surface area contributed by atoms with Crippen molar-refractivity contribution in [1.29, 1.82) is 0 Å². The van der Waals surface area contributed by atoms with E-state index in [1.165, 1.54) is 5.56 Å². The van der Waals surface area contributed by atoms with Gasteiger partial charge in [-0.05, 0) is 24.8 Å². The largest absolute Gasteiger partial charge is 0.368 e. The van der Waals surface area contributed by atoms with Crippen molar-refractivity contribution in [1.82, 2.24) is 10.2 Å². The smallest absolute Gasteiger partial charge is 0.236 e. The van der Waals surface area contributed by atoms with Crippen LogP contribution in [0.3, 0.4) is 0 Å². The third-order valence-electron chi connectivity index (χ3n) is 4.04. The number of amides is 3. The fourth-order valence-corrected chi connectivity index (χ4v) is 2.78. The number of nitrogens with zero attached hydrogens (tertiary/aromatic N) is 1. The zero-order chi connectivity index (χ0) is 16.7. The van der Waals surface area contributed by atoms with Crippen molar-refractivity contribution < 1.29 is 14.4 Å². The molecule has 0 aliphatic carbocycles. The molecule has 3 N–H and O–H groups in total. The minimum Gasteiger partial charge on any atom is -0.368 e. The summed E-state index contributed by atoms with van der Waals surface area (Å²) in [6, 6.07) is 10.1. The molecule has 124 valence electrons. The summed E-state index contributed by atoms with van der Waals surface area (Å²) in [5, 5.41) is 2.52. The van der Waals surface area contributed by atoms with Crippen molar-refractivity contribution in [2.45, 2.75) is 25.7 Å².